The van der Waals surface area contributed by atoms with Crippen LogP contribution < -0.4 is 0 Å². The average molecular weight is 288 g/mol. The van der Waals surface area contributed by atoms with Gasteiger partial charge in [0.1, 0.15) is 5.75 Å². The van der Waals surface area contributed by atoms with Gasteiger partial charge in [-0.05, 0) is 46.3 Å². The Morgan fingerprint density at radius 2 is 1.43 bits per heavy atom. The van der Waals surface area contributed by atoms with Crippen LogP contribution in [-0.2, 0) is 17.3 Å². The van der Waals surface area contributed by atoms with Crippen LogP contribution in [0.25, 0.3) is 0 Å². The maximum atomic E-state index is 10.7. The molecule has 0 atom stereocenters. The number of phenolic OH excluding ortho intramolecular Hbond substituents is 1. The lowest BCUT2D eigenvalue weighted by molar-refractivity contribution is 0.296. The molecule has 0 amide bonds. The summed E-state index contributed by atoms with van der Waals surface area (Å²) < 4.78 is 0. The van der Waals surface area contributed by atoms with Crippen LogP contribution in [0.3, 0.4) is 0 Å². The standard InChI is InChI=1S/C20H32O/c1-19(2,3)16-12-15(11-10-14-8-7-9-14)13-17(18(16)21)20(4,5)6/h12-14,21H,7-11H2,1-6H3. The highest BCUT2D eigenvalue weighted by Gasteiger charge is 2.26. The Morgan fingerprint density at radius 1 is 0.952 bits per heavy atom. The first-order valence-corrected chi connectivity index (χ1v) is 8.46. The Bertz CT molecular complexity index is 461. The molecule has 0 aliphatic heterocycles. The molecular weight excluding hydrogens is 256 g/mol. The Morgan fingerprint density at radius 3 is 1.76 bits per heavy atom. The molecule has 118 valence electrons. The van der Waals surface area contributed by atoms with Crippen molar-refractivity contribution in [3.63, 3.8) is 0 Å². The third kappa shape index (κ3) is 3.81. The lowest BCUT2D eigenvalue weighted by Gasteiger charge is -2.29. The van der Waals surface area contributed by atoms with Gasteiger partial charge in [-0.25, -0.2) is 0 Å². The number of aryl methyl sites for hydroxylation is 1. The molecule has 1 aromatic carbocycles. The van der Waals surface area contributed by atoms with Crippen LogP contribution in [0, 0.1) is 5.92 Å². The summed E-state index contributed by atoms with van der Waals surface area (Å²) >= 11 is 0. The molecule has 0 saturated heterocycles. The summed E-state index contributed by atoms with van der Waals surface area (Å²) in [5, 5.41) is 10.7. The monoisotopic (exact) mass is 288 g/mol. The van der Waals surface area contributed by atoms with Crippen LogP contribution in [-0.4, -0.2) is 5.11 Å². The Kier molecular flexibility index (Phi) is 4.42. The number of hydrogen-bond donors (Lipinski definition) is 1. The second kappa shape index (κ2) is 5.66. The molecular formula is C20H32O. The zero-order chi connectivity index (χ0) is 15.8. The topological polar surface area (TPSA) is 20.2 Å². The van der Waals surface area contributed by atoms with Crippen molar-refractivity contribution < 1.29 is 5.11 Å². The zero-order valence-corrected chi connectivity index (χ0v) is 14.7. The third-order valence-corrected chi connectivity index (χ3v) is 4.85. The highest BCUT2D eigenvalue weighted by Crippen LogP contribution is 2.40. The van der Waals surface area contributed by atoms with Gasteiger partial charge in [0.15, 0.2) is 0 Å². The number of hydrogen-bond acceptors (Lipinski definition) is 1. The Balaban J connectivity index is 2.35. The van der Waals surface area contributed by atoms with Crippen LogP contribution in [0.15, 0.2) is 12.1 Å². The Labute approximate surface area is 130 Å². The molecule has 1 nitrogen and oxygen atoms in total. The normalized spacial score (nSPS) is 16.9. The minimum absolute atomic E-state index is 0.0173. The predicted molar refractivity (Wildman–Crippen MR) is 91.2 cm³/mol. The van der Waals surface area contributed by atoms with Crippen LogP contribution >= 0.6 is 0 Å². The van der Waals surface area contributed by atoms with Gasteiger partial charge in [-0.2, -0.15) is 0 Å². The molecule has 0 unspecified atom stereocenters. The fourth-order valence-electron chi connectivity index (χ4n) is 3.13. The van der Waals surface area contributed by atoms with Gasteiger partial charge in [0.2, 0.25) is 0 Å². The van der Waals surface area contributed by atoms with Crippen molar-refractivity contribution in [1.82, 2.24) is 0 Å². The van der Waals surface area contributed by atoms with Gasteiger partial charge < -0.3 is 5.11 Å². The van der Waals surface area contributed by atoms with Crippen molar-refractivity contribution in [1.29, 1.82) is 0 Å². The molecule has 0 spiro atoms. The lowest BCUT2D eigenvalue weighted by atomic mass is 9.77. The first kappa shape index (κ1) is 16.4. The number of rotatable bonds is 3. The second-order valence-corrected chi connectivity index (χ2v) is 8.88. The summed E-state index contributed by atoms with van der Waals surface area (Å²) in [6, 6.07) is 4.48. The van der Waals surface area contributed by atoms with E-state index in [0.29, 0.717) is 5.75 Å². The Hall–Kier alpha value is -0.980. The van der Waals surface area contributed by atoms with E-state index >= 15 is 0 Å². The lowest BCUT2D eigenvalue weighted by Crippen LogP contribution is -2.18. The van der Waals surface area contributed by atoms with Gasteiger partial charge in [-0.3, -0.25) is 0 Å². The fourth-order valence-corrected chi connectivity index (χ4v) is 3.13. The fraction of sp³-hybridized carbons (Fsp3) is 0.700. The van der Waals surface area contributed by atoms with E-state index in [2.05, 4.69) is 53.7 Å². The van der Waals surface area contributed by atoms with E-state index in [1.54, 1.807) is 0 Å². The van der Waals surface area contributed by atoms with Gasteiger partial charge in [0, 0.05) is 0 Å². The molecule has 1 saturated carbocycles. The molecule has 0 radical (unpaired) electrons. The summed E-state index contributed by atoms with van der Waals surface area (Å²) in [4.78, 5) is 0. The van der Waals surface area contributed by atoms with Crippen molar-refractivity contribution in [2.45, 2.75) is 84.5 Å². The average Bonchev–Trinajstić information content (AvgIpc) is 2.25. The molecule has 21 heavy (non-hydrogen) atoms. The molecule has 0 heterocycles. The summed E-state index contributed by atoms with van der Waals surface area (Å²) in [6.45, 7) is 13.1. The molecule has 1 aromatic rings. The SMILES string of the molecule is CC(C)(C)c1cc(CCC2CCC2)cc(C(C)(C)C)c1O. The van der Waals surface area contributed by atoms with E-state index in [0.717, 1.165) is 23.5 Å². The maximum absolute atomic E-state index is 10.7. The number of phenols is 1. The van der Waals surface area contributed by atoms with Crippen molar-refractivity contribution in [2.75, 3.05) is 0 Å². The number of benzene rings is 1. The molecule has 1 heteroatoms. The minimum Gasteiger partial charge on any atom is -0.507 e. The van der Waals surface area contributed by atoms with Crippen molar-refractivity contribution >= 4 is 0 Å². The smallest absolute Gasteiger partial charge is 0.123 e. The van der Waals surface area contributed by atoms with Crippen molar-refractivity contribution in [3.8, 4) is 5.75 Å². The van der Waals surface area contributed by atoms with Gasteiger partial charge >= 0.3 is 0 Å². The first-order valence-electron chi connectivity index (χ1n) is 8.46. The van der Waals surface area contributed by atoms with E-state index in [1.165, 1.54) is 31.2 Å². The summed E-state index contributed by atoms with van der Waals surface area (Å²) in [5.74, 6) is 1.44. The highest BCUT2D eigenvalue weighted by molar-refractivity contribution is 5.49. The molecule has 2 rings (SSSR count). The van der Waals surface area contributed by atoms with Crippen LogP contribution in [0.2, 0.25) is 0 Å². The molecule has 0 aromatic heterocycles. The zero-order valence-electron chi connectivity index (χ0n) is 14.7. The van der Waals surface area contributed by atoms with E-state index in [1.807, 2.05) is 0 Å². The summed E-state index contributed by atoms with van der Waals surface area (Å²) in [5.41, 5.74) is 3.55. The predicted octanol–water partition coefficient (Wildman–Crippen LogP) is 5.72. The van der Waals surface area contributed by atoms with Crippen molar-refractivity contribution in [3.05, 3.63) is 28.8 Å². The minimum atomic E-state index is -0.0173. The highest BCUT2D eigenvalue weighted by atomic mass is 16.3. The molecule has 1 fully saturated rings. The van der Waals surface area contributed by atoms with Crippen LogP contribution in [0.5, 0.6) is 5.75 Å². The second-order valence-electron chi connectivity index (χ2n) is 8.88. The van der Waals surface area contributed by atoms with Gasteiger partial charge in [-0.15, -0.1) is 0 Å². The molecule has 1 aliphatic rings. The van der Waals surface area contributed by atoms with E-state index in [-0.39, 0.29) is 10.8 Å². The largest absolute Gasteiger partial charge is 0.507 e. The molecule has 1 aliphatic carbocycles. The first-order chi connectivity index (χ1) is 9.59. The van der Waals surface area contributed by atoms with Gasteiger partial charge in [-0.1, -0.05) is 72.9 Å². The molecule has 0 bridgehead atoms. The summed E-state index contributed by atoms with van der Waals surface area (Å²) in [6.07, 6.45) is 6.70. The van der Waals surface area contributed by atoms with E-state index in [9.17, 15) is 5.11 Å². The van der Waals surface area contributed by atoms with Gasteiger partial charge in [0.05, 0.1) is 0 Å². The number of aromatic hydroxyl groups is 1. The van der Waals surface area contributed by atoms with Crippen LogP contribution in [0.1, 0.15) is 83.9 Å². The summed E-state index contributed by atoms with van der Waals surface area (Å²) in [7, 11) is 0. The van der Waals surface area contributed by atoms with Gasteiger partial charge in [0.25, 0.3) is 0 Å². The van der Waals surface area contributed by atoms with Crippen molar-refractivity contribution in [2.24, 2.45) is 5.92 Å². The van der Waals surface area contributed by atoms with E-state index in [4.69, 9.17) is 0 Å². The molecule has 1 N–H and O–H groups in total. The van der Waals surface area contributed by atoms with Crippen LogP contribution in [0.4, 0.5) is 0 Å². The maximum Gasteiger partial charge on any atom is 0.123 e. The third-order valence-electron chi connectivity index (χ3n) is 4.85. The quantitative estimate of drug-likeness (QED) is 0.754. The van der Waals surface area contributed by atoms with E-state index < -0.39 is 0 Å².